The zero-order valence-electron chi connectivity index (χ0n) is 14.5. The second-order valence-corrected chi connectivity index (χ2v) is 7.22. The molecule has 0 heterocycles. The summed E-state index contributed by atoms with van der Waals surface area (Å²) in [5.74, 6) is 1.53. The van der Waals surface area contributed by atoms with Gasteiger partial charge in [-0.1, -0.05) is 34.5 Å². The van der Waals surface area contributed by atoms with Crippen molar-refractivity contribution in [3.05, 3.63) is 58.1 Å². The van der Waals surface area contributed by atoms with Crippen molar-refractivity contribution in [3.8, 4) is 11.5 Å². The van der Waals surface area contributed by atoms with Crippen molar-refractivity contribution in [2.75, 3.05) is 14.2 Å². The summed E-state index contributed by atoms with van der Waals surface area (Å²) < 4.78 is 11.6. The molecule has 1 N–H and O–H groups in total. The number of nitrogens with one attached hydrogen (secondary N) is 1. The fourth-order valence-corrected chi connectivity index (χ4v) is 3.55. The first-order valence-electron chi connectivity index (χ1n) is 8.34. The third-order valence-corrected chi connectivity index (χ3v) is 5.50. The second-order valence-electron chi connectivity index (χ2n) is 6.30. The number of methoxy groups -OCH3 is 2. The molecule has 0 aromatic heterocycles. The van der Waals surface area contributed by atoms with Crippen molar-refractivity contribution in [2.24, 2.45) is 0 Å². The Labute approximate surface area is 156 Å². The summed E-state index contributed by atoms with van der Waals surface area (Å²) in [6, 6.07) is 13.7. The average Bonchev–Trinajstić information content (AvgIpc) is 2.60. The van der Waals surface area contributed by atoms with Gasteiger partial charge in [0.2, 0.25) is 5.91 Å². The third-order valence-electron chi connectivity index (χ3n) is 4.97. The number of carbonyl (C=O) groups is 1. The van der Waals surface area contributed by atoms with Crippen molar-refractivity contribution in [2.45, 2.75) is 31.2 Å². The number of hydrogen-bond acceptors (Lipinski definition) is 3. The number of benzene rings is 2. The highest BCUT2D eigenvalue weighted by Crippen LogP contribution is 2.44. The Morgan fingerprint density at radius 2 is 1.84 bits per heavy atom. The Hall–Kier alpha value is -2.01. The summed E-state index contributed by atoms with van der Waals surface area (Å²) in [7, 11) is 3.24. The highest BCUT2D eigenvalue weighted by molar-refractivity contribution is 9.10. The lowest BCUT2D eigenvalue weighted by atomic mass is 9.64. The van der Waals surface area contributed by atoms with Gasteiger partial charge in [0.05, 0.1) is 19.6 Å². The van der Waals surface area contributed by atoms with Gasteiger partial charge in [-0.15, -0.1) is 0 Å². The zero-order valence-corrected chi connectivity index (χ0v) is 16.1. The molecular weight excluding hydrogens is 382 g/mol. The quantitative estimate of drug-likeness (QED) is 0.785. The maximum Gasteiger partial charge on any atom is 0.230 e. The van der Waals surface area contributed by atoms with Crippen LogP contribution in [0, 0.1) is 0 Å². The molecule has 1 amide bonds. The maximum atomic E-state index is 12.9. The molecule has 0 unspecified atom stereocenters. The van der Waals surface area contributed by atoms with Crippen LogP contribution in [0.3, 0.4) is 0 Å². The van der Waals surface area contributed by atoms with Gasteiger partial charge < -0.3 is 14.8 Å². The minimum atomic E-state index is -0.402. The number of amides is 1. The Kier molecular flexibility index (Phi) is 5.33. The van der Waals surface area contributed by atoms with Crippen LogP contribution in [0.4, 0.5) is 0 Å². The fourth-order valence-electron chi connectivity index (χ4n) is 3.29. The first-order valence-corrected chi connectivity index (χ1v) is 9.13. The average molecular weight is 404 g/mol. The molecule has 2 aromatic carbocycles. The number of ether oxygens (including phenoxy) is 2. The van der Waals surface area contributed by atoms with Gasteiger partial charge in [-0.05, 0) is 42.7 Å². The molecule has 0 aliphatic heterocycles. The lowest BCUT2D eigenvalue weighted by molar-refractivity contribution is -0.130. The summed E-state index contributed by atoms with van der Waals surface area (Å²) >= 11 is 3.45. The summed E-state index contributed by atoms with van der Waals surface area (Å²) in [5, 5.41) is 3.10. The van der Waals surface area contributed by atoms with E-state index < -0.39 is 5.41 Å². The van der Waals surface area contributed by atoms with Gasteiger partial charge in [0.15, 0.2) is 0 Å². The van der Waals surface area contributed by atoms with Crippen LogP contribution in [-0.2, 0) is 16.8 Å². The summed E-state index contributed by atoms with van der Waals surface area (Å²) in [5.41, 5.74) is 1.61. The van der Waals surface area contributed by atoms with Gasteiger partial charge in [0, 0.05) is 22.6 Å². The van der Waals surface area contributed by atoms with Crippen LogP contribution in [0.2, 0.25) is 0 Å². The molecule has 4 nitrogen and oxygen atoms in total. The van der Waals surface area contributed by atoms with Gasteiger partial charge in [-0.3, -0.25) is 4.79 Å². The van der Waals surface area contributed by atoms with E-state index >= 15 is 0 Å². The van der Waals surface area contributed by atoms with E-state index in [4.69, 9.17) is 9.47 Å². The van der Waals surface area contributed by atoms with Crippen molar-refractivity contribution in [1.29, 1.82) is 0 Å². The zero-order chi connectivity index (χ0) is 17.9. The molecule has 0 radical (unpaired) electrons. The van der Waals surface area contributed by atoms with Gasteiger partial charge in [-0.2, -0.15) is 0 Å². The first-order chi connectivity index (χ1) is 12.1. The Morgan fingerprint density at radius 1 is 1.12 bits per heavy atom. The van der Waals surface area contributed by atoms with Crippen LogP contribution in [0.15, 0.2) is 46.9 Å². The predicted octanol–water partition coefficient (Wildman–Crippen LogP) is 4.20. The summed E-state index contributed by atoms with van der Waals surface area (Å²) in [4.78, 5) is 12.9. The number of hydrogen-bond donors (Lipinski definition) is 1. The van der Waals surface area contributed by atoms with Gasteiger partial charge in [-0.25, -0.2) is 0 Å². The number of rotatable bonds is 6. The van der Waals surface area contributed by atoms with Crippen molar-refractivity contribution in [3.63, 3.8) is 0 Å². The Balaban J connectivity index is 1.74. The van der Waals surface area contributed by atoms with Crippen LogP contribution in [0.5, 0.6) is 11.5 Å². The molecule has 2 aromatic rings. The molecule has 25 heavy (non-hydrogen) atoms. The van der Waals surface area contributed by atoms with Gasteiger partial charge in [0.1, 0.15) is 11.5 Å². The molecule has 0 bridgehead atoms. The minimum absolute atomic E-state index is 0.0824. The van der Waals surface area contributed by atoms with Crippen LogP contribution in [-0.4, -0.2) is 20.1 Å². The molecule has 1 aliphatic carbocycles. The molecule has 132 valence electrons. The monoisotopic (exact) mass is 403 g/mol. The van der Waals surface area contributed by atoms with E-state index in [1.807, 2.05) is 42.5 Å². The molecule has 3 rings (SSSR count). The SMILES string of the molecule is COc1ccc(CNC(=O)C2(c3ccc(Br)cc3)CCC2)c(OC)c1. The van der Waals surface area contributed by atoms with Gasteiger partial charge >= 0.3 is 0 Å². The summed E-state index contributed by atoms with van der Waals surface area (Å²) in [6.45, 7) is 0.435. The number of halogens is 1. The van der Waals surface area contributed by atoms with E-state index in [2.05, 4.69) is 21.2 Å². The smallest absolute Gasteiger partial charge is 0.230 e. The van der Waals surface area contributed by atoms with Crippen molar-refractivity contribution < 1.29 is 14.3 Å². The first kappa shape index (κ1) is 17.8. The van der Waals surface area contributed by atoms with E-state index in [1.165, 1.54) is 0 Å². The second kappa shape index (κ2) is 7.48. The molecule has 1 fully saturated rings. The molecule has 0 atom stereocenters. The molecular formula is C20H22BrNO3. The van der Waals surface area contributed by atoms with Gasteiger partial charge in [0.25, 0.3) is 0 Å². The van der Waals surface area contributed by atoms with E-state index in [0.717, 1.165) is 40.6 Å². The van der Waals surface area contributed by atoms with Crippen molar-refractivity contribution >= 4 is 21.8 Å². The predicted molar refractivity (Wildman–Crippen MR) is 101 cm³/mol. The van der Waals surface area contributed by atoms with E-state index in [-0.39, 0.29) is 5.91 Å². The van der Waals surface area contributed by atoms with Crippen molar-refractivity contribution in [1.82, 2.24) is 5.32 Å². The van der Waals surface area contributed by atoms with Crippen LogP contribution >= 0.6 is 15.9 Å². The lowest BCUT2D eigenvalue weighted by Crippen LogP contribution is -2.49. The lowest BCUT2D eigenvalue weighted by Gasteiger charge is -2.40. The summed E-state index contributed by atoms with van der Waals surface area (Å²) in [6.07, 6.45) is 2.86. The van der Waals surface area contributed by atoms with Crippen LogP contribution in [0.1, 0.15) is 30.4 Å². The highest BCUT2D eigenvalue weighted by atomic mass is 79.9. The minimum Gasteiger partial charge on any atom is -0.497 e. The maximum absolute atomic E-state index is 12.9. The molecule has 1 aliphatic rings. The van der Waals surface area contributed by atoms with E-state index in [1.54, 1.807) is 14.2 Å². The molecule has 1 saturated carbocycles. The van der Waals surface area contributed by atoms with E-state index in [0.29, 0.717) is 12.3 Å². The molecule has 0 spiro atoms. The fraction of sp³-hybridized carbons (Fsp3) is 0.350. The van der Waals surface area contributed by atoms with E-state index in [9.17, 15) is 4.79 Å². The topological polar surface area (TPSA) is 47.6 Å². The largest absolute Gasteiger partial charge is 0.497 e. The third kappa shape index (κ3) is 3.52. The Morgan fingerprint density at radius 3 is 2.40 bits per heavy atom. The highest BCUT2D eigenvalue weighted by Gasteiger charge is 2.45. The molecule has 0 saturated heterocycles. The Bertz CT molecular complexity index is 754. The van der Waals surface area contributed by atoms with Crippen LogP contribution in [0.25, 0.3) is 0 Å². The molecule has 5 heteroatoms. The number of carbonyl (C=O) groups excluding carboxylic acids is 1. The van der Waals surface area contributed by atoms with Crippen LogP contribution < -0.4 is 14.8 Å². The standard InChI is InChI=1S/C20H22BrNO3/c1-24-17-9-4-14(18(12-17)25-2)13-22-19(23)20(10-3-11-20)15-5-7-16(21)8-6-15/h4-9,12H,3,10-11,13H2,1-2H3,(H,22,23). The normalized spacial score (nSPS) is 15.2.